The molecule has 20 heavy (non-hydrogen) atoms. The summed E-state index contributed by atoms with van der Waals surface area (Å²) in [7, 11) is 3.83. The monoisotopic (exact) mass is 373 g/mol. The van der Waals surface area contributed by atoms with Crippen molar-refractivity contribution in [2.45, 2.75) is 9.24 Å². The Hall–Kier alpha value is -1.32. The smallest absolute Gasteiger partial charge is 0.208 e. The van der Waals surface area contributed by atoms with Crippen LogP contribution in [0.4, 0.5) is 5.13 Å². The molecule has 0 bridgehead atoms. The lowest BCUT2D eigenvalue weighted by Crippen LogP contribution is -2.15. The Bertz CT molecular complexity index is 643. The van der Waals surface area contributed by atoms with Gasteiger partial charge in [-0.05, 0) is 28.1 Å². The van der Waals surface area contributed by atoms with Crippen LogP contribution in [0.1, 0.15) is 5.56 Å². The van der Waals surface area contributed by atoms with Gasteiger partial charge in [0.25, 0.3) is 0 Å². The summed E-state index contributed by atoms with van der Waals surface area (Å²) in [5.41, 5.74) is 6.36. The average Bonchev–Trinajstić information content (AvgIpc) is 2.87. The van der Waals surface area contributed by atoms with Gasteiger partial charge in [-0.2, -0.15) is 0 Å². The summed E-state index contributed by atoms with van der Waals surface area (Å²) in [4.78, 5) is 2.74. The summed E-state index contributed by atoms with van der Waals surface area (Å²) >= 11 is 6.31. The van der Waals surface area contributed by atoms with E-state index in [1.54, 1.807) is 0 Å². The minimum atomic E-state index is 0.0531. The average molecular weight is 374 g/mol. The second kappa shape index (κ2) is 6.42. The predicted octanol–water partition coefficient (Wildman–Crippen LogP) is 2.61. The Kier molecular flexibility index (Phi) is 4.84. The first-order valence-electron chi connectivity index (χ1n) is 5.48. The summed E-state index contributed by atoms with van der Waals surface area (Å²) < 4.78 is 1.55. The number of amidine groups is 1. The molecule has 2 aromatic rings. The van der Waals surface area contributed by atoms with Crippen LogP contribution in [0, 0.1) is 0 Å². The lowest BCUT2D eigenvalue weighted by atomic mass is 10.2. The summed E-state index contributed by atoms with van der Waals surface area (Å²) in [6, 6.07) is 5.61. The van der Waals surface area contributed by atoms with Crippen LogP contribution >= 0.6 is 39.0 Å². The highest BCUT2D eigenvalue weighted by atomic mass is 79.9. The fourth-order valence-electron chi connectivity index (χ4n) is 1.41. The van der Waals surface area contributed by atoms with Crippen LogP contribution in [-0.2, 0) is 0 Å². The van der Waals surface area contributed by atoms with E-state index in [0.29, 0.717) is 5.56 Å². The number of halogens is 1. The van der Waals surface area contributed by atoms with E-state index in [1.807, 2.05) is 37.2 Å². The van der Waals surface area contributed by atoms with E-state index in [1.165, 1.54) is 23.1 Å². The molecule has 1 aromatic heterocycles. The molecule has 0 unspecified atom stereocenters. The summed E-state index contributed by atoms with van der Waals surface area (Å²) in [6.45, 7) is 0. The lowest BCUT2D eigenvalue weighted by molar-refractivity contribution is 0.318. The molecule has 0 aliphatic carbocycles. The highest BCUT2D eigenvalue weighted by molar-refractivity contribution is 9.10. The maximum absolute atomic E-state index is 8.88. The number of rotatable bonds is 4. The molecule has 2 rings (SSSR count). The van der Waals surface area contributed by atoms with Crippen molar-refractivity contribution in [3.8, 4) is 0 Å². The number of oxime groups is 1. The first-order chi connectivity index (χ1) is 9.52. The molecule has 0 saturated carbocycles. The molecular formula is C11H12BrN5OS2. The Balaban J connectivity index is 2.35. The van der Waals surface area contributed by atoms with Gasteiger partial charge in [0.1, 0.15) is 0 Å². The molecule has 0 aliphatic heterocycles. The number of hydrogen-bond acceptors (Lipinski definition) is 7. The minimum Gasteiger partial charge on any atom is -0.409 e. The molecule has 3 N–H and O–H groups in total. The SMILES string of the molecule is CN(C)c1nnc(Sc2cccc(Br)c2/C(N)=N/O)s1. The van der Waals surface area contributed by atoms with E-state index >= 15 is 0 Å². The van der Waals surface area contributed by atoms with Crippen molar-refractivity contribution in [2.75, 3.05) is 19.0 Å². The first kappa shape index (κ1) is 15.1. The third-order valence-corrected chi connectivity index (χ3v) is 5.18. The van der Waals surface area contributed by atoms with Gasteiger partial charge in [0.05, 0.1) is 0 Å². The van der Waals surface area contributed by atoms with Crippen molar-refractivity contribution in [1.82, 2.24) is 10.2 Å². The van der Waals surface area contributed by atoms with Crippen LogP contribution in [0.2, 0.25) is 0 Å². The first-order valence-corrected chi connectivity index (χ1v) is 7.90. The van der Waals surface area contributed by atoms with Crippen LogP contribution in [0.25, 0.3) is 0 Å². The third-order valence-electron chi connectivity index (χ3n) is 2.31. The maximum Gasteiger partial charge on any atom is 0.208 e. The van der Waals surface area contributed by atoms with Gasteiger partial charge in [-0.25, -0.2) is 0 Å². The minimum absolute atomic E-state index is 0.0531. The van der Waals surface area contributed by atoms with Crippen molar-refractivity contribution in [3.05, 3.63) is 28.2 Å². The van der Waals surface area contributed by atoms with Crippen LogP contribution in [0.3, 0.4) is 0 Å². The van der Waals surface area contributed by atoms with E-state index in [0.717, 1.165) is 18.8 Å². The van der Waals surface area contributed by atoms with E-state index in [4.69, 9.17) is 10.9 Å². The lowest BCUT2D eigenvalue weighted by Gasteiger charge is -2.08. The molecule has 106 valence electrons. The van der Waals surface area contributed by atoms with Gasteiger partial charge < -0.3 is 15.8 Å². The molecule has 0 spiro atoms. The van der Waals surface area contributed by atoms with Crippen molar-refractivity contribution < 1.29 is 5.21 Å². The number of nitrogens with zero attached hydrogens (tertiary/aromatic N) is 4. The topological polar surface area (TPSA) is 87.6 Å². The molecule has 9 heteroatoms. The van der Waals surface area contributed by atoms with Crippen molar-refractivity contribution in [1.29, 1.82) is 0 Å². The number of nitrogens with two attached hydrogens (primary N) is 1. The highest BCUT2D eigenvalue weighted by Gasteiger charge is 2.15. The zero-order chi connectivity index (χ0) is 14.7. The summed E-state index contributed by atoms with van der Waals surface area (Å²) in [5, 5.41) is 21.0. The van der Waals surface area contributed by atoms with Crippen molar-refractivity contribution in [2.24, 2.45) is 10.9 Å². The third kappa shape index (κ3) is 3.22. The van der Waals surface area contributed by atoms with Crippen molar-refractivity contribution >= 4 is 50.0 Å². The van der Waals surface area contributed by atoms with Gasteiger partial charge in [0, 0.05) is 29.0 Å². The fourth-order valence-corrected chi connectivity index (χ4v) is 4.00. The molecule has 1 aromatic carbocycles. The molecule has 0 aliphatic rings. The van der Waals surface area contributed by atoms with E-state index < -0.39 is 0 Å². The Morgan fingerprint density at radius 2 is 2.20 bits per heavy atom. The van der Waals surface area contributed by atoms with E-state index in [9.17, 15) is 0 Å². The normalized spacial score (nSPS) is 11.7. The summed E-state index contributed by atoms with van der Waals surface area (Å²) in [5.74, 6) is 0.0531. The number of anilines is 1. The molecule has 1 heterocycles. The molecule has 0 radical (unpaired) electrons. The maximum atomic E-state index is 8.88. The summed E-state index contributed by atoms with van der Waals surface area (Å²) in [6.07, 6.45) is 0. The van der Waals surface area contributed by atoms with Crippen LogP contribution in [-0.4, -0.2) is 35.3 Å². The van der Waals surface area contributed by atoms with Crippen LogP contribution in [0.5, 0.6) is 0 Å². The largest absolute Gasteiger partial charge is 0.409 e. The van der Waals surface area contributed by atoms with Gasteiger partial charge in [-0.3, -0.25) is 0 Å². The highest BCUT2D eigenvalue weighted by Crippen LogP contribution is 2.36. The number of hydrogen-bond donors (Lipinski definition) is 2. The zero-order valence-electron chi connectivity index (χ0n) is 10.7. The van der Waals surface area contributed by atoms with Crippen molar-refractivity contribution in [3.63, 3.8) is 0 Å². The Morgan fingerprint density at radius 3 is 2.80 bits per heavy atom. The Labute approximate surface area is 132 Å². The van der Waals surface area contributed by atoms with Gasteiger partial charge >= 0.3 is 0 Å². The van der Waals surface area contributed by atoms with Gasteiger partial charge in [-0.1, -0.05) is 34.3 Å². The zero-order valence-corrected chi connectivity index (χ0v) is 14.0. The van der Waals surface area contributed by atoms with Crippen LogP contribution in [0.15, 0.2) is 37.1 Å². The van der Waals surface area contributed by atoms with Gasteiger partial charge in [-0.15, -0.1) is 10.2 Å². The Morgan fingerprint density at radius 1 is 1.45 bits per heavy atom. The number of aromatic nitrogens is 2. The second-order valence-electron chi connectivity index (χ2n) is 3.95. The fraction of sp³-hybridized carbons (Fsp3) is 0.182. The van der Waals surface area contributed by atoms with Crippen LogP contribution < -0.4 is 10.6 Å². The molecule has 0 amide bonds. The number of benzene rings is 1. The van der Waals surface area contributed by atoms with E-state index in [-0.39, 0.29) is 5.84 Å². The standard InChI is InChI=1S/C11H12BrN5OS2/c1-17(2)10-14-15-11(20-10)19-7-5-3-4-6(12)8(7)9(13)16-18/h3-5,18H,1-2H3,(H2,13,16). The molecule has 6 nitrogen and oxygen atoms in total. The molecular weight excluding hydrogens is 362 g/mol. The predicted molar refractivity (Wildman–Crippen MR) is 85.0 cm³/mol. The van der Waals surface area contributed by atoms with E-state index in [2.05, 4.69) is 31.3 Å². The quantitative estimate of drug-likeness (QED) is 0.370. The van der Waals surface area contributed by atoms with Gasteiger partial charge in [0.15, 0.2) is 10.2 Å². The molecule has 0 atom stereocenters. The van der Waals surface area contributed by atoms with Gasteiger partial charge in [0.2, 0.25) is 5.13 Å². The second-order valence-corrected chi connectivity index (χ2v) is 7.04. The molecule has 0 fully saturated rings. The molecule has 0 saturated heterocycles.